The number of nitrogens with zero attached hydrogens (tertiary/aromatic N) is 3. The second kappa shape index (κ2) is 11.1. The lowest BCUT2D eigenvalue weighted by atomic mass is 9.96. The maximum absolute atomic E-state index is 12.1. The third-order valence-corrected chi connectivity index (χ3v) is 9.38. The molecule has 1 aliphatic rings. The van der Waals surface area contributed by atoms with Crippen molar-refractivity contribution in [1.82, 2.24) is 14.5 Å². The largest absolute Gasteiger partial charge is 0.490 e. The number of phosphoric acid groups is 3. The minimum absolute atomic E-state index is 0.0727. The molecule has 0 aliphatic carbocycles. The van der Waals surface area contributed by atoms with E-state index in [1.54, 1.807) is 24.3 Å². The third-order valence-electron chi connectivity index (χ3n) is 5.58. The first kappa shape index (κ1) is 30.4. The predicted octanol–water partition coefficient (Wildman–Crippen LogP) is 0.766. The number of hydrogen-bond acceptors (Lipinski definition) is 12. The van der Waals surface area contributed by atoms with Gasteiger partial charge in [0.1, 0.15) is 35.6 Å². The SMILES string of the molecule is C[C@@]1(O)[C@H](O)[C@@H](COP(=O)(O)OP(=O)(O)OP(=O)(O)O)O[C@H]1n1cc(C#Cc2ccccc2)c2c(N)ncnc21. The highest BCUT2D eigenvalue weighted by molar-refractivity contribution is 7.66. The van der Waals surface area contributed by atoms with Gasteiger partial charge in [-0.3, -0.25) is 4.52 Å². The molecule has 0 radical (unpaired) electrons. The zero-order chi connectivity index (χ0) is 29.5. The molecule has 1 aliphatic heterocycles. The third kappa shape index (κ3) is 6.85. The van der Waals surface area contributed by atoms with Gasteiger partial charge in [-0.15, -0.1) is 0 Å². The Morgan fingerprint density at radius 1 is 1.07 bits per heavy atom. The topological polar surface area (TPSA) is 266 Å². The first-order valence-electron chi connectivity index (χ1n) is 11.0. The van der Waals surface area contributed by atoms with Crippen LogP contribution in [0.1, 0.15) is 24.3 Å². The number of hydrogen-bond donors (Lipinski definition) is 7. The number of anilines is 1. The number of fused-ring (bicyclic) bond motifs is 1. The second-order valence-corrected chi connectivity index (χ2v) is 13.0. The molecule has 0 bridgehead atoms. The molecule has 3 heterocycles. The fourth-order valence-corrected chi connectivity index (χ4v) is 6.92. The number of rotatable bonds is 8. The quantitative estimate of drug-likeness (QED) is 0.135. The van der Waals surface area contributed by atoms with E-state index in [0.717, 1.165) is 6.33 Å². The van der Waals surface area contributed by atoms with Crippen molar-refractivity contribution < 1.29 is 61.4 Å². The molecule has 0 saturated carbocycles. The molecule has 2 aromatic heterocycles. The smallest absolute Gasteiger partial charge is 0.387 e. The van der Waals surface area contributed by atoms with Gasteiger partial charge in [-0.1, -0.05) is 30.0 Å². The Kier molecular flexibility index (Phi) is 8.41. The van der Waals surface area contributed by atoms with Gasteiger partial charge in [0.15, 0.2) is 6.23 Å². The van der Waals surface area contributed by atoms with Gasteiger partial charge in [0.25, 0.3) is 0 Å². The van der Waals surface area contributed by atoms with Gasteiger partial charge in [0, 0.05) is 11.8 Å². The number of ether oxygens (including phenoxy) is 1. The molecular formula is C20H23N4O13P3. The van der Waals surface area contributed by atoms with Crippen molar-refractivity contribution in [2.75, 3.05) is 12.3 Å². The highest BCUT2D eigenvalue weighted by atomic mass is 31.3. The predicted molar refractivity (Wildman–Crippen MR) is 135 cm³/mol. The molecule has 6 atom stereocenters. The van der Waals surface area contributed by atoms with Crippen LogP contribution in [0.15, 0.2) is 42.9 Å². The zero-order valence-corrected chi connectivity index (χ0v) is 23.0. The van der Waals surface area contributed by atoms with Crippen molar-refractivity contribution in [2.45, 2.75) is 31.0 Å². The summed E-state index contributed by atoms with van der Waals surface area (Å²) in [7, 11) is -16.8. The van der Waals surface area contributed by atoms with Crippen molar-refractivity contribution in [3.8, 4) is 11.8 Å². The fourth-order valence-electron chi connectivity index (χ4n) is 3.89. The van der Waals surface area contributed by atoms with Crippen LogP contribution in [0.2, 0.25) is 0 Å². The van der Waals surface area contributed by atoms with E-state index >= 15 is 0 Å². The van der Waals surface area contributed by atoms with Crippen LogP contribution in [-0.2, 0) is 31.6 Å². The minimum Gasteiger partial charge on any atom is -0.387 e. The van der Waals surface area contributed by atoms with E-state index in [-0.39, 0.29) is 11.5 Å². The first-order chi connectivity index (χ1) is 18.5. The molecule has 8 N–H and O–H groups in total. The molecule has 0 spiro atoms. The van der Waals surface area contributed by atoms with Gasteiger partial charge in [0.05, 0.1) is 17.6 Å². The van der Waals surface area contributed by atoms with Gasteiger partial charge >= 0.3 is 23.5 Å². The van der Waals surface area contributed by atoms with Crippen molar-refractivity contribution in [2.24, 2.45) is 0 Å². The van der Waals surface area contributed by atoms with Crippen LogP contribution in [0.5, 0.6) is 0 Å². The summed E-state index contributed by atoms with van der Waals surface area (Å²) in [4.78, 5) is 44.4. The minimum atomic E-state index is -5.75. The summed E-state index contributed by atoms with van der Waals surface area (Å²) in [5, 5.41) is 22.2. The Morgan fingerprint density at radius 3 is 2.40 bits per heavy atom. The Bertz CT molecular complexity index is 1610. The van der Waals surface area contributed by atoms with Crippen molar-refractivity contribution in [3.05, 3.63) is 54.0 Å². The van der Waals surface area contributed by atoms with E-state index in [0.29, 0.717) is 16.5 Å². The highest BCUT2D eigenvalue weighted by Gasteiger charge is 2.54. The van der Waals surface area contributed by atoms with Gasteiger partial charge in [-0.2, -0.15) is 8.62 Å². The molecule has 1 saturated heterocycles. The molecule has 0 amide bonds. The monoisotopic (exact) mass is 620 g/mol. The zero-order valence-electron chi connectivity index (χ0n) is 20.3. The molecule has 40 heavy (non-hydrogen) atoms. The molecule has 1 aromatic carbocycles. The number of nitrogens with two attached hydrogens (primary N) is 1. The lowest BCUT2D eigenvalue weighted by Gasteiger charge is -2.27. The summed E-state index contributed by atoms with van der Waals surface area (Å²) in [6.45, 7) is 0.216. The van der Waals surface area contributed by atoms with Crippen LogP contribution in [0.4, 0.5) is 5.82 Å². The Hall–Kier alpha value is -2.51. The van der Waals surface area contributed by atoms with E-state index in [9.17, 15) is 33.7 Å². The molecule has 4 rings (SSSR count). The average molecular weight is 620 g/mol. The maximum Gasteiger partial charge on any atom is 0.490 e. The number of nitrogen functional groups attached to an aromatic ring is 1. The summed E-state index contributed by atoms with van der Waals surface area (Å²) >= 11 is 0. The van der Waals surface area contributed by atoms with Crippen LogP contribution in [-0.4, -0.2) is 68.7 Å². The summed E-state index contributed by atoms with van der Waals surface area (Å²) in [5.41, 5.74) is 5.23. The van der Waals surface area contributed by atoms with Crippen LogP contribution in [0.3, 0.4) is 0 Å². The van der Waals surface area contributed by atoms with Gasteiger partial charge in [-0.05, 0) is 19.1 Å². The van der Waals surface area contributed by atoms with Crippen molar-refractivity contribution in [1.29, 1.82) is 0 Å². The molecule has 216 valence electrons. The number of phosphoric ester groups is 1. The van der Waals surface area contributed by atoms with E-state index < -0.39 is 54.1 Å². The lowest BCUT2D eigenvalue weighted by molar-refractivity contribution is -0.0947. The molecule has 1 fully saturated rings. The standard InChI is InChI=1S/C20H23N4O13P3/c1-20(26)16(25)14(10-34-39(30,31)37-40(32,33)36-38(27,28)29)35-19(20)24-9-13(8-7-12-5-3-2-4-6-12)15-17(21)22-11-23-18(15)24/h2-6,9,11,14,16,19,25-26H,10H2,1H3,(H,30,31)(H,32,33)(H2,21,22,23)(H2,27,28,29)/t14-,16-,19-,20-/m1/s1. The van der Waals surface area contributed by atoms with Gasteiger partial charge < -0.3 is 44.8 Å². The Morgan fingerprint density at radius 2 is 1.75 bits per heavy atom. The van der Waals surface area contributed by atoms with Crippen molar-refractivity contribution in [3.63, 3.8) is 0 Å². The lowest BCUT2D eigenvalue weighted by Crippen LogP contribution is -2.44. The van der Waals surface area contributed by atoms with Gasteiger partial charge in [0.2, 0.25) is 0 Å². The van der Waals surface area contributed by atoms with E-state index in [2.05, 4.69) is 35.0 Å². The summed E-state index contributed by atoms with van der Waals surface area (Å²) in [6, 6.07) is 9.01. The van der Waals surface area contributed by atoms with Crippen molar-refractivity contribution >= 4 is 40.3 Å². The summed E-state index contributed by atoms with van der Waals surface area (Å²) in [5.74, 6) is 6.00. The van der Waals surface area contributed by atoms with Gasteiger partial charge in [-0.25, -0.2) is 23.7 Å². The molecular weight excluding hydrogens is 597 g/mol. The molecule has 2 unspecified atom stereocenters. The number of aliphatic hydroxyl groups excluding tert-OH is 1. The molecule has 20 heteroatoms. The van der Waals surface area contributed by atoms with Crippen LogP contribution in [0, 0.1) is 11.8 Å². The van der Waals surface area contributed by atoms with Crippen LogP contribution < -0.4 is 5.73 Å². The Balaban J connectivity index is 1.60. The maximum atomic E-state index is 12.1. The summed E-state index contributed by atoms with van der Waals surface area (Å²) in [6.07, 6.45) is -2.06. The fraction of sp³-hybridized carbons (Fsp3) is 0.300. The van der Waals surface area contributed by atoms with E-state index in [1.807, 2.05) is 6.07 Å². The van der Waals surface area contributed by atoms with Crippen LogP contribution >= 0.6 is 23.5 Å². The number of aromatic nitrogens is 3. The molecule has 17 nitrogen and oxygen atoms in total. The number of aliphatic hydroxyl groups is 2. The second-order valence-electron chi connectivity index (χ2n) is 8.61. The summed E-state index contributed by atoms with van der Waals surface area (Å²) < 4.78 is 53.3. The van der Waals surface area contributed by atoms with Crippen LogP contribution in [0.25, 0.3) is 11.0 Å². The average Bonchev–Trinajstić information content (AvgIpc) is 3.30. The first-order valence-corrected chi connectivity index (χ1v) is 15.5. The van der Waals surface area contributed by atoms with E-state index in [4.69, 9.17) is 20.3 Å². The molecule has 3 aromatic rings. The Labute approximate surface area is 225 Å². The highest BCUT2D eigenvalue weighted by Crippen LogP contribution is 2.66. The number of benzene rings is 1. The normalized spacial score (nSPS) is 26.1. The van der Waals surface area contributed by atoms with E-state index in [1.165, 1.54) is 17.7 Å².